The lowest BCUT2D eigenvalue weighted by Gasteiger charge is -2.31. The standard InChI is InChI=1S/C22H29N3O4/c1-15(2)14-18(22(29)24-11-6-3-7-12-24)23-19(26)10-13-25-20(27)16-8-4-5-9-17(16)21(25)28/h4-5,8-9,15,18H,3,6-7,10-14H2,1-2H3,(H,23,26)/t18-/m0/s1. The van der Waals surface area contributed by atoms with Crippen molar-refractivity contribution in [3.8, 4) is 0 Å². The quantitative estimate of drug-likeness (QED) is 0.712. The van der Waals surface area contributed by atoms with E-state index >= 15 is 0 Å². The summed E-state index contributed by atoms with van der Waals surface area (Å²) in [5.41, 5.74) is 0.742. The molecule has 29 heavy (non-hydrogen) atoms. The largest absolute Gasteiger partial charge is 0.344 e. The molecule has 4 amide bonds. The SMILES string of the molecule is CC(C)C[C@H](NC(=O)CCN1C(=O)c2ccccc2C1=O)C(=O)N1CCCCC1. The van der Waals surface area contributed by atoms with Crippen LogP contribution in [-0.2, 0) is 9.59 Å². The zero-order valence-electron chi connectivity index (χ0n) is 17.1. The summed E-state index contributed by atoms with van der Waals surface area (Å²) in [6, 6.07) is 6.09. The third kappa shape index (κ3) is 4.83. The number of carbonyl (C=O) groups is 4. The first-order valence-corrected chi connectivity index (χ1v) is 10.4. The first kappa shape index (κ1) is 21.0. The van der Waals surface area contributed by atoms with Gasteiger partial charge in [-0.3, -0.25) is 24.1 Å². The minimum atomic E-state index is -0.567. The van der Waals surface area contributed by atoms with Crippen molar-refractivity contribution in [2.45, 2.75) is 52.0 Å². The van der Waals surface area contributed by atoms with Crippen LogP contribution in [-0.4, -0.2) is 59.1 Å². The van der Waals surface area contributed by atoms with E-state index in [1.54, 1.807) is 24.3 Å². The van der Waals surface area contributed by atoms with Gasteiger partial charge in [0, 0.05) is 26.1 Å². The van der Waals surface area contributed by atoms with Gasteiger partial charge < -0.3 is 10.2 Å². The maximum atomic E-state index is 12.9. The lowest BCUT2D eigenvalue weighted by Crippen LogP contribution is -2.51. The van der Waals surface area contributed by atoms with Crippen molar-refractivity contribution in [1.82, 2.24) is 15.1 Å². The van der Waals surface area contributed by atoms with Crippen molar-refractivity contribution in [1.29, 1.82) is 0 Å². The topological polar surface area (TPSA) is 86.8 Å². The number of carbonyl (C=O) groups excluding carboxylic acids is 4. The molecule has 1 aromatic rings. The average Bonchev–Trinajstić information content (AvgIpc) is 2.96. The van der Waals surface area contributed by atoms with Gasteiger partial charge in [0.15, 0.2) is 0 Å². The molecule has 0 spiro atoms. The van der Waals surface area contributed by atoms with Gasteiger partial charge in [-0.2, -0.15) is 0 Å². The monoisotopic (exact) mass is 399 g/mol. The van der Waals surface area contributed by atoms with E-state index in [0.29, 0.717) is 17.5 Å². The Morgan fingerprint density at radius 3 is 2.14 bits per heavy atom. The molecule has 3 rings (SSSR count). The minimum Gasteiger partial charge on any atom is -0.344 e. The third-order valence-corrected chi connectivity index (χ3v) is 5.45. The van der Waals surface area contributed by atoms with Crippen LogP contribution in [0.2, 0.25) is 0 Å². The van der Waals surface area contributed by atoms with E-state index in [-0.39, 0.29) is 42.5 Å². The second kappa shape index (κ2) is 9.20. The Hall–Kier alpha value is -2.70. The maximum absolute atomic E-state index is 12.9. The molecule has 7 nitrogen and oxygen atoms in total. The lowest BCUT2D eigenvalue weighted by atomic mass is 10.0. The zero-order valence-corrected chi connectivity index (χ0v) is 17.1. The number of imide groups is 1. The molecule has 0 unspecified atom stereocenters. The molecule has 1 atom stereocenters. The van der Waals surface area contributed by atoms with Gasteiger partial charge in [0.1, 0.15) is 6.04 Å². The molecule has 2 aliphatic rings. The molecule has 0 aliphatic carbocycles. The second-order valence-electron chi connectivity index (χ2n) is 8.19. The van der Waals surface area contributed by atoms with Crippen molar-refractivity contribution < 1.29 is 19.2 Å². The number of hydrogen-bond acceptors (Lipinski definition) is 4. The molecular weight excluding hydrogens is 370 g/mol. The van der Waals surface area contributed by atoms with Gasteiger partial charge in [-0.15, -0.1) is 0 Å². The van der Waals surface area contributed by atoms with Gasteiger partial charge in [0.25, 0.3) is 11.8 Å². The van der Waals surface area contributed by atoms with Crippen molar-refractivity contribution in [2.75, 3.05) is 19.6 Å². The fraction of sp³-hybridized carbons (Fsp3) is 0.545. The lowest BCUT2D eigenvalue weighted by molar-refractivity contribution is -0.137. The number of piperidine rings is 1. The van der Waals surface area contributed by atoms with Crippen LogP contribution in [0, 0.1) is 5.92 Å². The number of hydrogen-bond donors (Lipinski definition) is 1. The van der Waals surface area contributed by atoms with Crippen LogP contribution in [0.25, 0.3) is 0 Å². The van der Waals surface area contributed by atoms with E-state index in [4.69, 9.17) is 0 Å². The molecule has 1 saturated heterocycles. The number of fused-ring (bicyclic) bond motifs is 1. The highest BCUT2D eigenvalue weighted by molar-refractivity contribution is 6.21. The smallest absolute Gasteiger partial charge is 0.261 e. The number of nitrogens with one attached hydrogen (secondary N) is 1. The Morgan fingerprint density at radius 2 is 1.59 bits per heavy atom. The number of nitrogens with zero attached hydrogens (tertiary/aromatic N) is 2. The summed E-state index contributed by atoms with van der Waals surface area (Å²) in [6.07, 6.45) is 3.66. The van der Waals surface area contributed by atoms with Crippen molar-refractivity contribution in [3.63, 3.8) is 0 Å². The molecule has 0 saturated carbocycles. The summed E-state index contributed by atoms with van der Waals surface area (Å²) in [7, 11) is 0. The Morgan fingerprint density at radius 1 is 1.00 bits per heavy atom. The number of amides is 4. The van der Waals surface area contributed by atoms with Gasteiger partial charge in [-0.25, -0.2) is 0 Å². The Labute approximate surface area is 171 Å². The van der Waals surface area contributed by atoms with Crippen LogP contribution >= 0.6 is 0 Å². The fourth-order valence-electron chi connectivity index (χ4n) is 3.95. The number of likely N-dealkylation sites (tertiary alicyclic amines) is 1. The Balaban J connectivity index is 1.58. The highest BCUT2D eigenvalue weighted by Gasteiger charge is 2.35. The van der Waals surface area contributed by atoms with E-state index in [9.17, 15) is 19.2 Å². The first-order valence-electron chi connectivity index (χ1n) is 10.4. The van der Waals surface area contributed by atoms with Crippen molar-refractivity contribution in [2.24, 2.45) is 5.92 Å². The van der Waals surface area contributed by atoms with E-state index in [2.05, 4.69) is 5.32 Å². The minimum absolute atomic E-state index is 0.00445. The zero-order chi connectivity index (χ0) is 21.0. The third-order valence-electron chi connectivity index (χ3n) is 5.45. The van der Waals surface area contributed by atoms with Gasteiger partial charge in [0.05, 0.1) is 11.1 Å². The van der Waals surface area contributed by atoms with E-state index < -0.39 is 6.04 Å². The predicted molar refractivity (Wildman–Crippen MR) is 108 cm³/mol. The Bertz CT molecular complexity index is 764. The molecule has 7 heteroatoms. The van der Waals surface area contributed by atoms with Crippen LogP contribution in [0.5, 0.6) is 0 Å². The van der Waals surface area contributed by atoms with E-state index in [1.165, 1.54) is 0 Å². The molecule has 0 bridgehead atoms. The van der Waals surface area contributed by atoms with Crippen LogP contribution in [0.15, 0.2) is 24.3 Å². The highest BCUT2D eigenvalue weighted by Crippen LogP contribution is 2.22. The summed E-state index contributed by atoms with van der Waals surface area (Å²) in [5, 5.41) is 2.84. The molecule has 2 aliphatic heterocycles. The molecule has 1 fully saturated rings. The number of benzene rings is 1. The number of rotatable bonds is 7. The summed E-state index contributed by atoms with van der Waals surface area (Å²) in [5.74, 6) is -0.849. The van der Waals surface area contributed by atoms with Crippen LogP contribution in [0.4, 0.5) is 0 Å². The first-order chi connectivity index (χ1) is 13.9. The molecule has 1 N–H and O–H groups in total. The predicted octanol–water partition coefficient (Wildman–Crippen LogP) is 2.22. The molecule has 2 heterocycles. The van der Waals surface area contributed by atoms with Crippen molar-refractivity contribution >= 4 is 23.6 Å². The fourth-order valence-corrected chi connectivity index (χ4v) is 3.95. The molecule has 156 valence electrons. The molecule has 1 aromatic carbocycles. The maximum Gasteiger partial charge on any atom is 0.261 e. The summed E-state index contributed by atoms with van der Waals surface area (Å²) >= 11 is 0. The van der Waals surface area contributed by atoms with Crippen LogP contribution in [0.3, 0.4) is 0 Å². The Kier molecular flexibility index (Phi) is 6.67. The van der Waals surface area contributed by atoms with Gasteiger partial charge in [0.2, 0.25) is 11.8 Å². The molecule has 0 aromatic heterocycles. The van der Waals surface area contributed by atoms with Crippen LogP contribution < -0.4 is 5.32 Å². The van der Waals surface area contributed by atoms with Crippen LogP contribution in [0.1, 0.15) is 66.7 Å². The normalized spacial score (nSPS) is 17.5. The average molecular weight is 399 g/mol. The summed E-state index contributed by atoms with van der Waals surface area (Å²) in [4.78, 5) is 53.2. The molecular formula is C22H29N3O4. The van der Waals surface area contributed by atoms with Gasteiger partial charge >= 0.3 is 0 Å². The van der Waals surface area contributed by atoms with Crippen molar-refractivity contribution in [3.05, 3.63) is 35.4 Å². The summed E-state index contributed by atoms with van der Waals surface area (Å²) in [6.45, 7) is 5.50. The second-order valence-corrected chi connectivity index (χ2v) is 8.19. The van der Waals surface area contributed by atoms with E-state index in [0.717, 1.165) is 37.3 Å². The molecule has 0 radical (unpaired) electrons. The van der Waals surface area contributed by atoms with Gasteiger partial charge in [-0.1, -0.05) is 26.0 Å². The van der Waals surface area contributed by atoms with E-state index in [1.807, 2.05) is 18.7 Å². The summed E-state index contributed by atoms with van der Waals surface area (Å²) < 4.78 is 0. The van der Waals surface area contributed by atoms with Gasteiger partial charge in [-0.05, 0) is 43.7 Å². The highest BCUT2D eigenvalue weighted by atomic mass is 16.2.